The number of rotatable bonds is 3. The van der Waals surface area contributed by atoms with E-state index < -0.39 is 12.7 Å². The van der Waals surface area contributed by atoms with Crippen molar-refractivity contribution < 1.29 is 13.2 Å². The molecule has 0 radical (unpaired) electrons. The lowest BCUT2D eigenvalue weighted by Gasteiger charge is -2.33. The summed E-state index contributed by atoms with van der Waals surface area (Å²) >= 11 is 0. The summed E-state index contributed by atoms with van der Waals surface area (Å²) in [6.45, 7) is -0.193. The molecule has 1 aliphatic rings. The van der Waals surface area contributed by atoms with Crippen LogP contribution < -0.4 is 5.32 Å². The maximum atomic E-state index is 12.4. The third-order valence-electron chi connectivity index (χ3n) is 3.05. The maximum Gasteiger partial charge on any atom is 0.401 e. The summed E-state index contributed by atoms with van der Waals surface area (Å²) in [5.74, 6) is 0.328. The van der Waals surface area contributed by atoms with E-state index in [9.17, 15) is 13.2 Å². The third-order valence-corrected chi connectivity index (χ3v) is 3.05. The van der Waals surface area contributed by atoms with Crippen molar-refractivity contribution in [2.75, 3.05) is 25.0 Å². The molecule has 8 heteroatoms. The Bertz CT molecular complexity index is 497. The minimum atomic E-state index is -4.19. The number of aromatic nitrogens is 2. The molecule has 0 spiro atoms. The van der Waals surface area contributed by atoms with Gasteiger partial charge in [0.25, 0.3) is 0 Å². The van der Waals surface area contributed by atoms with E-state index in [1.54, 1.807) is 0 Å². The van der Waals surface area contributed by atoms with Crippen LogP contribution in [0.3, 0.4) is 0 Å². The summed E-state index contributed by atoms with van der Waals surface area (Å²) in [7, 11) is 0. The number of nitrogens with one attached hydrogen (secondary N) is 1. The highest BCUT2D eigenvalue weighted by Crippen LogP contribution is 2.21. The molecule has 1 fully saturated rings. The van der Waals surface area contributed by atoms with Gasteiger partial charge in [0.05, 0.1) is 6.54 Å². The second-order valence-electron chi connectivity index (χ2n) is 4.70. The maximum absolute atomic E-state index is 12.4. The van der Waals surface area contributed by atoms with Crippen LogP contribution in [0, 0.1) is 11.3 Å². The Balaban J connectivity index is 1.98. The fourth-order valence-corrected chi connectivity index (χ4v) is 2.29. The number of likely N-dealkylation sites (tertiary alicyclic amines) is 1. The van der Waals surface area contributed by atoms with Gasteiger partial charge in [-0.25, -0.2) is 9.97 Å². The van der Waals surface area contributed by atoms with E-state index in [2.05, 4.69) is 15.3 Å². The molecule has 0 bridgehead atoms. The van der Waals surface area contributed by atoms with Gasteiger partial charge in [0, 0.05) is 25.0 Å². The van der Waals surface area contributed by atoms with Crippen LogP contribution in [-0.4, -0.2) is 46.7 Å². The Morgan fingerprint density at radius 1 is 1.40 bits per heavy atom. The molecule has 5 nitrogen and oxygen atoms in total. The van der Waals surface area contributed by atoms with Gasteiger partial charge in [0.15, 0.2) is 11.5 Å². The smallest absolute Gasteiger partial charge is 0.364 e. The molecule has 2 heterocycles. The van der Waals surface area contributed by atoms with Crippen molar-refractivity contribution in [2.24, 2.45) is 0 Å². The molecule has 1 N–H and O–H groups in total. The Hall–Kier alpha value is -1.88. The monoisotopic (exact) mass is 285 g/mol. The number of halogens is 3. The quantitative estimate of drug-likeness (QED) is 0.917. The van der Waals surface area contributed by atoms with E-state index in [-0.39, 0.29) is 18.3 Å². The first-order valence-corrected chi connectivity index (χ1v) is 6.24. The van der Waals surface area contributed by atoms with Crippen molar-refractivity contribution in [3.05, 3.63) is 18.1 Å². The average molecular weight is 285 g/mol. The zero-order valence-corrected chi connectivity index (χ0v) is 10.7. The summed E-state index contributed by atoms with van der Waals surface area (Å²) < 4.78 is 37.2. The first-order valence-electron chi connectivity index (χ1n) is 6.24. The van der Waals surface area contributed by atoms with Crippen molar-refractivity contribution in [1.82, 2.24) is 14.9 Å². The van der Waals surface area contributed by atoms with Gasteiger partial charge < -0.3 is 5.32 Å². The molecule has 1 aromatic rings. The summed E-state index contributed by atoms with van der Waals surface area (Å²) in [5, 5.41) is 11.9. The van der Waals surface area contributed by atoms with Crippen LogP contribution in [0.4, 0.5) is 19.0 Å². The molecular formula is C12H14F3N5. The molecule has 0 amide bonds. The topological polar surface area (TPSA) is 64.8 Å². The number of hydrogen-bond acceptors (Lipinski definition) is 5. The van der Waals surface area contributed by atoms with E-state index >= 15 is 0 Å². The molecule has 0 aliphatic carbocycles. The summed E-state index contributed by atoms with van der Waals surface area (Å²) in [4.78, 5) is 9.23. The number of alkyl halides is 3. The Kier molecular flexibility index (Phi) is 4.39. The molecule has 0 saturated carbocycles. The zero-order valence-electron chi connectivity index (χ0n) is 10.7. The van der Waals surface area contributed by atoms with E-state index in [0.717, 1.165) is 6.42 Å². The molecule has 20 heavy (non-hydrogen) atoms. The minimum absolute atomic E-state index is 0.153. The van der Waals surface area contributed by atoms with Crippen LogP contribution in [0.2, 0.25) is 0 Å². The van der Waals surface area contributed by atoms with Crippen LogP contribution in [0.15, 0.2) is 12.4 Å². The third kappa shape index (κ3) is 4.06. The molecule has 1 atom stereocenters. The first-order chi connectivity index (χ1) is 9.48. The lowest BCUT2D eigenvalue weighted by Crippen LogP contribution is -2.46. The van der Waals surface area contributed by atoms with Gasteiger partial charge in [-0.05, 0) is 19.4 Å². The predicted molar refractivity (Wildman–Crippen MR) is 65.9 cm³/mol. The van der Waals surface area contributed by atoms with Gasteiger partial charge in [-0.1, -0.05) is 0 Å². The Labute approximate surface area is 114 Å². The van der Waals surface area contributed by atoms with Crippen molar-refractivity contribution in [3.8, 4) is 6.07 Å². The van der Waals surface area contributed by atoms with Crippen LogP contribution in [0.25, 0.3) is 0 Å². The molecule has 2 rings (SSSR count). The predicted octanol–water partition coefficient (Wildman–Crippen LogP) is 1.79. The second kappa shape index (κ2) is 6.05. The standard InChI is InChI=1S/C12H14F3N5/c13-12(14,15)8-20-5-1-2-9(7-20)19-11-10(6-16)17-3-4-18-11/h3-4,9H,1-2,5,7-8H2,(H,18,19)/t9-/m0/s1. The molecule has 1 aromatic heterocycles. The first kappa shape index (κ1) is 14.5. The molecule has 1 saturated heterocycles. The molecule has 0 unspecified atom stereocenters. The van der Waals surface area contributed by atoms with Gasteiger partial charge in [-0.2, -0.15) is 18.4 Å². The number of nitrogens with zero attached hydrogens (tertiary/aromatic N) is 4. The van der Waals surface area contributed by atoms with Crippen molar-refractivity contribution in [2.45, 2.75) is 25.1 Å². The summed E-state index contributed by atoms with van der Waals surface area (Å²) in [5.41, 5.74) is 0.153. The lowest BCUT2D eigenvalue weighted by molar-refractivity contribution is -0.147. The van der Waals surface area contributed by atoms with Crippen molar-refractivity contribution in [3.63, 3.8) is 0 Å². The number of hydrogen-bond donors (Lipinski definition) is 1. The van der Waals surface area contributed by atoms with Gasteiger partial charge in [-0.15, -0.1) is 0 Å². The van der Waals surface area contributed by atoms with Crippen LogP contribution in [0.1, 0.15) is 18.5 Å². The minimum Gasteiger partial charge on any atom is -0.364 e. The Morgan fingerprint density at radius 2 is 2.15 bits per heavy atom. The van der Waals surface area contributed by atoms with E-state index in [1.807, 2.05) is 6.07 Å². The van der Waals surface area contributed by atoms with Gasteiger partial charge in [0.2, 0.25) is 0 Å². The molecule has 1 aliphatic heterocycles. The second-order valence-corrected chi connectivity index (χ2v) is 4.70. The average Bonchev–Trinajstić information content (AvgIpc) is 2.38. The number of nitriles is 1. The lowest BCUT2D eigenvalue weighted by atomic mass is 10.1. The number of anilines is 1. The molecular weight excluding hydrogens is 271 g/mol. The van der Waals surface area contributed by atoms with Gasteiger partial charge in [0.1, 0.15) is 6.07 Å². The number of piperidine rings is 1. The summed E-state index contributed by atoms with van der Waals surface area (Å²) in [6.07, 6.45) is 0.0813. The highest BCUT2D eigenvalue weighted by atomic mass is 19.4. The normalized spacial score (nSPS) is 20.4. The molecule has 108 valence electrons. The Morgan fingerprint density at radius 3 is 2.85 bits per heavy atom. The fraction of sp³-hybridized carbons (Fsp3) is 0.583. The fourth-order valence-electron chi connectivity index (χ4n) is 2.29. The van der Waals surface area contributed by atoms with E-state index in [0.29, 0.717) is 18.8 Å². The van der Waals surface area contributed by atoms with Crippen molar-refractivity contribution >= 4 is 5.82 Å². The van der Waals surface area contributed by atoms with Crippen LogP contribution >= 0.6 is 0 Å². The van der Waals surface area contributed by atoms with E-state index in [1.165, 1.54) is 17.3 Å². The largest absolute Gasteiger partial charge is 0.401 e. The SMILES string of the molecule is N#Cc1nccnc1N[C@H]1CCCN(CC(F)(F)F)C1. The van der Waals surface area contributed by atoms with E-state index in [4.69, 9.17) is 5.26 Å². The zero-order chi connectivity index (χ0) is 14.6. The van der Waals surface area contributed by atoms with Crippen LogP contribution in [0.5, 0.6) is 0 Å². The van der Waals surface area contributed by atoms with Crippen molar-refractivity contribution in [1.29, 1.82) is 5.26 Å². The summed E-state index contributed by atoms with van der Waals surface area (Å²) in [6, 6.07) is 1.75. The molecule has 0 aromatic carbocycles. The highest BCUT2D eigenvalue weighted by Gasteiger charge is 2.33. The highest BCUT2D eigenvalue weighted by molar-refractivity contribution is 5.47. The van der Waals surface area contributed by atoms with Gasteiger partial charge >= 0.3 is 6.18 Å². The van der Waals surface area contributed by atoms with Crippen LogP contribution in [-0.2, 0) is 0 Å². The van der Waals surface area contributed by atoms with Gasteiger partial charge in [-0.3, -0.25) is 4.90 Å².